The van der Waals surface area contributed by atoms with Crippen molar-refractivity contribution >= 4 is 35.0 Å². The molecule has 38 heavy (non-hydrogen) atoms. The Morgan fingerprint density at radius 3 is 2.39 bits per heavy atom. The van der Waals surface area contributed by atoms with Gasteiger partial charge in [0.1, 0.15) is 31.5 Å². The number of anilines is 1. The van der Waals surface area contributed by atoms with Gasteiger partial charge in [-0.1, -0.05) is 48.5 Å². The van der Waals surface area contributed by atoms with Gasteiger partial charge in [-0.2, -0.15) is 0 Å². The summed E-state index contributed by atoms with van der Waals surface area (Å²) in [7, 11) is 0. The van der Waals surface area contributed by atoms with E-state index in [4.69, 9.17) is 10.5 Å². The molecule has 0 bridgehead atoms. The van der Waals surface area contributed by atoms with Gasteiger partial charge in [0.25, 0.3) is 0 Å². The number of carboxylic acid groups (broad SMARTS) is 1. The lowest BCUT2D eigenvalue weighted by molar-refractivity contribution is -0.144. The predicted molar refractivity (Wildman–Crippen MR) is 137 cm³/mol. The maximum atomic E-state index is 12.9. The second-order valence-corrected chi connectivity index (χ2v) is 8.76. The summed E-state index contributed by atoms with van der Waals surface area (Å²) in [6.45, 7) is -0.606. The molecule has 1 aliphatic carbocycles. The Balaban J connectivity index is 1.17. The average Bonchev–Trinajstić information content (AvgIpc) is 3.46. The molecule has 0 fully saturated rings. The molecule has 4 aromatic rings. The summed E-state index contributed by atoms with van der Waals surface area (Å²) < 4.78 is 6.96. The van der Waals surface area contributed by atoms with E-state index in [2.05, 4.69) is 32.4 Å². The van der Waals surface area contributed by atoms with Crippen molar-refractivity contribution in [2.24, 2.45) is 0 Å². The molecule has 12 nitrogen and oxygen atoms in total. The second-order valence-electron chi connectivity index (χ2n) is 8.76. The molecular formula is C26H25N7O5. The number of benzene rings is 2. The van der Waals surface area contributed by atoms with Gasteiger partial charge >= 0.3 is 12.1 Å². The van der Waals surface area contributed by atoms with Gasteiger partial charge in [0, 0.05) is 19.0 Å². The number of rotatable bonds is 9. The number of fused-ring (bicyclic) bond motifs is 4. The van der Waals surface area contributed by atoms with Crippen LogP contribution in [-0.2, 0) is 20.9 Å². The van der Waals surface area contributed by atoms with Gasteiger partial charge in [-0.25, -0.2) is 19.7 Å². The van der Waals surface area contributed by atoms with E-state index >= 15 is 0 Å². The number of hydrogen-bond donors (Lipinski definition) is 3. The molecule has 2 amide bonds. The number of amides is 2. The minimum absolute atomic E-state index is 0.00941. The number of carbonyl (C=O) groups excluding carboxylic acids is 2. The Morgan fingerprint density at radius 2 is 1.71 bits per heavy atom. The van der Waals surface area contributed by atoms with E-state index in [-0.39, 0.29) is 38.0 Å². The molecule has 4 N–H and O–H groups in total. The summed E-state index contributed by atoms with van der Waals surface area (Å²) in [5.41, 5.74) is 10.9. The van der Waals surface area contributed by atoms with Crippen LogP contribution in [0.25, 0.3) is 22.3 Å². The molecule has 0 saturated heterocycles. The Bertz CT molecular complexity index is 1470. The monoisotopic (exact) mass is 515 g/mol. The molecule has 194 valence electrons. The maximum absolute atomic E-state index is 12.9. The number of nitrogens with two attached hydrogens (primary N) is 1. The third-order valence-electron chi connectivity index (χ3n) is 6.41. The zero-order valence-corrected chi connectivity index (χ0v) is 20.3. The fourth-order valence-electron chi connectivity index (χ4n) is 4.66. The lowest BCUT2D eigenvalue weighted by Gasteiger charge is -2.21. The number of imidazole rings is 1. The SMILES string of the molecule is Nc1ncnc2c1ncn2CC(=O)N(CCNC(=O)OCC1c2ccccc2-c2ccccc21)CC(=O)O. The lowest BCUT2D eigenvalue weighted by atomic mass is 9.98. The van der Waals surface area contributed by atoms with Crippen molar-refractivity contribution in [3.05, 3.63) is 72.3 Å². The first-order chi connectivity index (χ1) is 18.4. The molecule has 0 spiro atoms. The van der Waals surface area contributed by atoms with E-state index in [1.807, 2.05) is 36.4 Å². The van der Waals surface area contributed by atoms with Gasteiger partial charge in [0.2, 0.25) is 5.91 Å². The number of alkyl carbamates (subject to hydrolysis) is 1. The summed E-state index contributed by atoms with van der Waals surface area (Å²) in [5.74, 6) is -1.57. The molecule has 2 heterocycles. The van der Waals surface area contributed by atoms with Crippen LogP contribution in [-0.4, -0.2) is 73.7 Å². The number of carbonyl (C=O) groups is 3. The Kier molecular flexibility index (Phi) is 6.85. The van der Waals surface area contributed by atoms with Crippen LogP contribution in [0.15, 0.2) is 61.2 Å². The lowest BCUT2D eigenvalue weighted by Crippen LogP contribution is -2.42. The zero-order chi connectivity index (χ0) is 26.6. The number of nitrogens with one attached hydrogen (secondary N) is 1. The number of carboxylic acids is 1. The van der Waals surface area contributed by atoms with Crippen molar-refractivity contribution in [1.82, 2.24) is 29.7 Å². The smallest absolute Gasteiger partial charge is 0.407 e. The number of aromatic nitrogens is 4. The minimum atomic E-state index is -1.18. The highest BCUT2D eigenvalue weighted by Crippen LogP contribution is 2.44. The van der Waals surface area contributed by atoms with Crippen LogP contribution in [0.1, 0.15) is 17.0 Å². The number of nitrogen functional groups attached to an aromatic ring is 1. The summed E-state index contributed by atoms with van der Waals surface area (Å²) in [6, 6.07) is 16.0. The van der Waals surface area contributed by atoms with Crippen molar-refractivity contribution in [3.63, 3.8) is 0 Å². The van der Waals surface area contributed by atoms with Gasteiger partial charge < -0.3 is 30.4 Å². The van der Waals surface area contributed by atoms with Crippen LogP contribution >= 0.6 is 0 Å². The minimum Gasteiger partial charge on any atom is -0.480 e. The Morgan fingerprint density at radius 1 is 1.03 bits per heavy atom. The van der Waals surface area contributed by atoms with Gasteiger partial charge in [-0.05, 0) is 22.3 Å². The maximum Gasteiger partial charge on any atom is 0.407 e. The van der Waals surface area contributed by atoms with Crippen molar-refractivity contribution in [2.75, 3.05) is 32.0 Å². The number of nitrogens with zero attached hydrogens (tertiary/aromatic N) is 5. The fraction of sp³-hybridized carbons (Fsp3) is 0.231. The van der Waals surface area contributed by atoms with E-state index < -0.39 is 24.5 Å². The van der Waals surface area contributed by atoms with Gasteiger partial charge in [-0.15, -0.1) is 0 Å². The highest BCUT2D eigenvalue weighted by atomic mass is 16.5. The van der Waals surface area contributed by atoms with Crippen LogP contribution in [0.3, 0.4) is 0 Å². The van der Waals surface area contributed by atoms with E-state index in [0.29, 0.717) is 11.2 Å². The van der Waals surface area contributed by atoms with Crippen molar-refractivity contribution < 1.29 is 24.2 Å². The van der Waals surface area contributed by atoms with Crippen molar-refractivity contribution in [2.45, 2.75) is 12.5 Å². The third-order valence-corrected chi connectivity index (χ3v) is 6.41. The van der Waals surface area contributed by atoms with Crippen molar-refractivity contribution in [1.29, 1.82) is 0 Å². The number of aliphatic carboxylic acids is 1. The summed E-state index contributed by atoms with van der Waals surface area (Å²) >= 11 is 0. The van der Waals surface area contributed by atoms with E-state index in [1.165, 1.54) is 17.2 Å². The molecule has 0 atom stereocenters. The first-order valence-electron chi connectivity index (χ1n) is 11.9. The molecule has 1 aliphatic rings. The molecule has 0 radical (unpaired) electrons. The molecule has 0 aliphatic heterocycles. The molecule has 2 aromatic carbocycles. The number of ether oxygens (including phenoxy) is 1. The van der Waals surface area contributed by atoms with Gasteiger partial charge in [0.05, 0.1) is 6.33 Å². The third kappa shape index (κ3) is 4.96. The number of hydrogen-bond acceptors (Lipinski definition) is 8. The molecule has 0 unspecified atom stereocenters. The van der Waals surface area contributed by atoms with Crippen LogP contribution < -0.4 is 11.1 Å². The van der Waals surface area contributed by atoms with Crippen LogP contribution in [0, 0.1) is 0 Å². The standard InChI is InChI=1S/C26H25N7O5/c27-24-23-25(30-14-29-24)33(15-31-23)11-21(34)32(12-22(35)36)10-9-28-26(37)38-13-20-18-7-3-1-5-16(18)17-6-2-4-8-19(17)20/h1-8,14-15,20H,9-13H2,(H,28,37)(H,35,36)(H2,27,29,30). The van der Waals surface area contributed by atoms with Crippen LogP contribution in [0.2, 0.25) is 0 Å². The van der Waals surface area contributed by atoms with Gasteiger partial charge in [-0.3, -0.25) is 9.59 Å². The highest BCUT2D eigenvalue weighted by molar-refractivity contribution is 5.85. The Labute approximate surface area is 217 Å². The van der Waals surface area contributed by atoms with E-state index in [1.54, 1.807) is 0 Å². The molecule has 2 aromatic heterocycles. The predicted octanol–water partition coefficient (Wildman–Crippen LogP) is 1.86. The highest BCUT2D eigenvalue weighted by Gasteiger charge is 2.29. The van der Waals surface area contributed by atoms with Crippen molar-refractivity contribution in [3.8, 4) is 11.1 Å². The summed E-state index contributed by atoms with van der Waals surface area (Å²) in [6.07, 6.45) is 2.00. The van der Waals surface area contributed by atoms with Crippen LogP contribution in [0.4, 0.5) is 10.6 Å². The fourth-order valence-corrected chi connectivity index (χ4v) is 4.66. The Hall–Kier alpha value is -5.00. The zero-order valence-electron chi connectivity index (χ0n) is 20.3. The van der Waals surface area contributed by atoms with E-state index in [9.17, 15) is 19.5 Å². The molecule has 12 heteroatoms. The first-order valence-corrected chi connectivity index (χ1v) is 11.9. The molecule has 0 saturated carbocycles. The second kappa shape index (κ2) is 10.5. The topological polar surface area (TPSA) is 166 Å². The largest absolute Gasteiger partial charge is 0.480 e. The average molecular weight is 516 g/mol. The first kappa shape index (κ1) is 24.7. The van der Waals surface area contributed by atoms with Gasteiger partial charge in [0.15, 0.2) is 11.5 Å². The normalized spacial score (nSPS) is 12.1. The quantitative estimate of drug-likeness (QED) is 0.302. The molecule has 5 rings (SSSR count). The molecular weight excluding hydrogens is 490 g/mol. The summed E-state index contributed by atoms with van der Waals surface area (Å²) in [4.78, 5) is 49.9. The van der Waals surface area contributed by atoms with Crippen LogP contribution in [0.5, 0.6) is 0 Å². The summed E-state index contributed by atoms with van der Waals surface area (Å²) in [5, 5.41) is 11.9. The van der Waals surface area contributed by atoms with E-state index in [0.717, 1.165) is 27.2 Å².